The topological polar surface area (TPSA) is 31.0 Å². The lowest BCUT2D eigenvalue weighted by Crippen LogP contribution is -2.04. The molecule has 0 amide bonds. The standard InChI is InChI=1S/C10H12O3/c1-11-9-4-2-3-5-10(9)13-7-8-6-12-8/h2-5,8H,6-7H2,1H3/i1D3. The highest BCUT2D eigenvalue weighted by Gasteiger charge is 2.23. The fourth-order valence-corrected chi connectivity index (χ4v) is 1.00. The minimum absolute atomic E-state index is 0.126. The van der Waals surface area contributed by atoms with Crippen LogP contribution in [0.4, 0.5) is 0 Å². The summed E-state index contributed by atoms with van der Waals surface area (Å²) in [4.78, 5) is 0. The number of methoxy groups -OCH3 is 1. The average molecular weight is 183 g/mol. The summed E-state index contributed by atoms with van der Waals surface area (Å²) in [6.07, 6.45) is 0.126. The van der Waals surface area contributed by atoms with E-state index in [2.05, 4.69) is 0 Å². The van der Waals surface area contributed by atoms with Crippen molar-refractivity contribution in [3.63, 3.8) is 0 Å². The van der Waals surface area contributed by atoms with E-state index in [1.54, 1.807) is 24.3 Å². The molecular weight excluding hydrogens is 168 g/mol. The summed E-state index contributed by atoms with van der Waals surface area (Å²) < 4.78 is 36.3. The number of hydrogen-bond donors (Lipinski definition) is 0. The van der Waals surface area contributed by atoms with Crippen molar-refractivity contribution in [2.24, 2.45) is 0 Å². The zero-order valence-corrected chi connectivity index (χ0v) is 7.03. The highest BCUT2D eigenvalue weighted by Crippen LogP contribution is 2.26. The van der Waals surface area contributed by atoms with Crippen molar-refractivity contribution in [3.8, 4) is 11.5 Å². The number of ether oxygens (including phenoxy) is 3. The Labute approximate surface area is 81.4 Å². The Morgan fingerprint density at radius 2 is 2.31 bits per heavy atom. The molecule has 3 nitrogen and oxygen atoms in total. The van der Waals surface area contributed by atoms with Crippen molar-refractivity contribution in [2.45, 2.75) is 6.10 Å². The number of benzene rings is 1. The molecule has 1 unspecified atom stereocenters. The van der Waals surface area contributed by atoms with Crippen LogP contribution in [0, 0.1) is 0 Å². The molecule has 1 aliphatic heterocycles. The lowest BCUT2D eigenvalue weighted by Gasteiger charge is -2.08. The Hall–Kier alpha value is -1.22. The van der Waals surface area contributed by atoms with Crippen LogP contribution in [0.1, 0.15) is 4.11 Å². The van der Waals surface area contributed by atoms with Crippen molar-refractivity contribution in [3.05, 3.63) is 24.3 Å². The van der Waals surface area contributed by atoms with Gasteiger partial charge in [-0.1, -0.05) is 12.1 Å². The van der Waals surface area contributed by atoms with Crippen LogP contribution < -0.4 is 9.47 Å². The largest absolute Gasteiger partial charge is 0.493 e. The van der Waals surface area contributed by atoms with E-state index in [4.69, 9.17) is 18.3 Å². The lowest BCUT2D eigenvalue weighted by atomic mass is 10.3. The molecular formula is C10H12O3. The van der Waals surface area contributed by atoms with Gasteiger partial charge in [-0.3, -0.25) is 0 Å². The third kappa shape index (κ3) is 2.12. The van der Waals surface area contributed by atoms with E-state index in [9.17, 15) is 0 Å². The van der Waals surface area contributed by atoms with Gasteiger partial charge in [0.2, 0.25) is 0 Å². The van der Waals surface area contributed by atoms with Crippen molar-refractivity contribution in [2.75, 3.05) is 20.3 Å². The third-order valence-corrected chi connectivity index (χ3v) is 1.79. The first-order valence-corrected chi connectivity index (χ1v) is 4.07. The summed E-state index contributed by atoms with van der Waals surface area (Å²) in [7, 11) is -2.46. The highest BCUT2D eigenvalue weighted by atomic mass is 16.6. The predicted molar refractivity (Wildman–Crippen MR) is 48.2 cm³/mol. The molecule has 1 aliphatic rings. The molecule has 0 bridgehead atoms. The second-order valence-electron chi connectivity index (χ2n) is 2.82. The smallest absolute Gasteiger partial charge is 0.161 e. The number of para-hydroxylation sites is 2. The van der Waals surface area contributed by atoms with Gasteiger partial charge in [-0.15, -0.1) is 0 Å². The molecule has 0 aliphatic carbocycles. The van der Waals surface area contributed by atoms with Gasteiger partial charge in [0.15, 0.2) is 11.5 Å². The molecule has 0 spiro atoms. The second kappa shape index (κ2) is 3.66. The summed E-state index contributed by atoms with van der Waals surface area (Å²) >= 11 is 0. The van der Waals surface area contributed by atoms with Crippen LogP contribution in [-0.2, 0) is 4.74 Å². The number of hydrogen-bond acceptors (Lipinski definition) is 3. The SMILES string of the molecule is [2H]C([2H])([2H])Oc1ccccc1OCC1CO1. The predicted octanol–water partition coefficient (Wildman–Crippen LogP) is 1.47. The first-order valence-electron chi connectivity index (χ1n) is 5.57. The number of rotatable bonds is 4. The van der Waals surface area contributed by atoms with Gasteiger partial charge in [-0.05, 0) is 12.1 Å². The molecule has 1 heterocycles. The fraction of sp³-hybridized carbons (Fsp3) is 0.400. The van der Waals surface area contributed by atoms with E-state index >= 15 is 0 Å². The Kier molecular flexibility index (Phi) is 1.55. The highest BCUT2D eigenvalue weighted by molar-refractivity contribution is 5.39. The second-order valence-corrected chi connectivity index (χ2v) is 2.82. The molecule has 1 saturated heterocycles. The van der Waals surface area contributed by atoms with Crippen molar-refractivity contribution in [1.82, 2.24) is 0 Å². The maximum atomic E-state index is 7.03. The molecule has 1 atom stereocenters. The molecule has 1 aromatic carbocycles. The summed E-state index contributed by atoms with van der Waals surface area (Å²) in [6, 6.07) is 6.69. The molecule has 0 radical (unpaired) electrons. The van der Waals surface area contributed by atoms with E-state index in [0.29, 0.717) is 19.0 Å². The lowest BCUT2D eigenvalue weighted by molar-refractivity contribution is 0.252. The molecule has 0 aromatic heterocycles. The summed E-state index contributed by atoms with van der Waals surface area (Å²) in [5, 5.41) is 0. The van der Waals surface area contributed by atoms with Gasteiger partial charge in [0.1, 0.15) is 12.7 Å². The Morgan fingerprint density at radius 3 is 3.00 bits per heavy atom. The molecule has 2 rings (SSSR count). The van der Waals surface area contributed by atoms with Gasteiger partial charge in [-0.2, -0.15) is 0 Å². The zero-order valence-electron chi connectivity index (χ0n) is 10.0. The zero-order chi connectivity index (χ0) is 11.6. The van der Waals surface area contributed by atoms with Crippen molar-refractivity contribution in [1.29, 1.82) is 0 Å². The van der Waals surface area contributed by atoms with Gasteiger partial charge in [0.25, 0.3) is 0 Å². The van der Waals surface area contributed by atoms with E-state index < -0.39 is 7.04 Å². The van der Waals surface area contributed by atoms with E-state index in [0.717, 1.165) is 0 Å². The third-order valence-electron chi connectivity index (χ3n) is 1.79. The molecule has 13 heavy (non-hydrogen) atoms. The summed E-state index contributed by atoms with van der Waals surface area (Å²) in [5.74, 6) is 0.650. The monoisotopic (exact) mass is 183 g/mol. The quantitative estimate of drug-likeness (QED) is 0.662. The van der Waals surface area contributed by atoms with Gasteiger partial charge in [-0.25, -0.2) is 0 Å². The van der Waals surface area contributed by atoms with Crippen LogP contribution in [0.3, 0.4) is 0 Å². The van der Waals surface area contributed by atoms with Crippen molar-refractivity contribution >= 4 is 0 Å². The van der Waals surface area contributed by atoms with Crippen LogP contribution in [-0.4, -0.2) is 26.4 Å². The van der Waals surface area contributed by atoms with Crippen LogP contribution >= 0.6 is 0 Å². The Balaban J connectivity index is 2.03. The molecule has 70 valence electrons. The van der Waals surface area contributed by atoms with Crippen LogP contribution in [0.15, 0.2) is 24.3 Å². The van der Waals surface area contributed by atoms with Crippen LogP contribution in [0.25, 0.3) is 0 Å². The summed E-state index contributed by atoms with van der Waals surface area (Å²) in [5.41, 5.74) is 0. The minimum Gasteiger partial charge on any atom is -0.493 e. The maximum Gasteiger partial charge on any atom is 0.161 e. The van der Waals surface area contributed by atoms with E-state index in [1.165, 1.54) is 0 Å². The first kappa shape index (κ1) is 5.50. The Bertz CT molecular complexity index is 361. The molecule has 0 saturated carbocycles. The molecule has 1 aromatic rings. The normalized spacial score (nSPS) is 24.0. The van der Waals surface area contributed by atoms with Gasteiger partial charge in [0.05, 0.1) is 17.8 Å². The first-order chi connectivity index (χ1) is 7.54. The molecule has 3 heteroatoms. The summed E-state index contributed by atoms with van der Waals surface area (Å²) in [6.45, 7) is 1.11. The minimum atomic E-state index is -2.46. The average Bonchev–Trinajstić information content (AvgIpc) is 2.98. The van der Waals surface area contributed by atoms with Crippen molar-refractivity contribution < 1.29 is 18.3 Å². The van der Waals surface area contributed by atoms with Gasteiger partial charge >= 0.3 is 0 Å². The molecule has 1 fully saturated rings. The Morgan fingerprint density at radius 1 is 1.54 bits per heavy atom. The van der Waals surface area contributed by atoms with Gasteiger partial charge < -0.3 is 14.2 Å². The van der Waals surface area contributed by atoms with Gasteiger partial charge in [0, 0.05) is 0 Å². The van der Waals surface area contributed by atoms with E-state index in [-0.39, 0.29) is 11.9 Å². The van der Waals surface area contributed by atoms with Crippen LogP contribution in [0.2, 0.25) is 0 Å². The maximum absolute atomic E-state index is 7.03. The fourth-order valence-electron chi connectivity index (χ4n) is 1.00. The van der Waals surface area contributed by atoms with Crippen LogP contribution in [0.5, 0.6) is 11.5 Å². The molecule has 0 N–H and O–H groups in total. The van der Waals surface area contributed by atoms with E-state index in [1.807, 2.05) is 0 Å². The number of epoxide rings is 1.